The van der Waals surface area contributed by atoms with Crippen LogP contribution < -0.4 is 14.8 Å². The van der Waals surface area contributed by atoms with Gasteiger partial charge in [-0.25, -0.2) is 9.38 Å². The van der Waals surface area contributed by atoms with Crippen LogP contribution in [0.3, 0.4) is 0 Å². The van der Waals surface area contributed by atoms with E-state index < -0.39 is 0 Å². The zero-order valence-electron chi connectivity index (χ0n) is 16.9. The van der Waals surface area contributed by atoms with E-state index in [4.69, 9.17) is 32.9 Å². The molecule has 4 nitrogen and oxygen atoms in total. The third-order valence-corrected chi connectivity index (χ3v) is 6.76. The Hall–Kier alpha value is -3.12. The number of imidazole rings is 1. The quantitative estimate of drug-likeness (QED) is 0.320. The average Bonchev–Trinajstić information content (AvgIpc) is 3.31. The highest BCUT2D eigenvalue weighted by atomic mass is 35.5. The van der Waals surface area contributed by atoms with E-state index in [1.54, 1.807) is 17.6 Å². The molecule has 0 radical (unpaired) electrons. The number of nitrogens with zero attached hydrogens (tertiary/aromatic N) is 2. The van der Waals surface area contributed by atoms with Crippen molar-refractivity contribution in [2.24, 2.45) is 0 Å². The van der Waals surface area contributed by atoms with Crippen LogP contribution in [-0.2, 0) is 0 Å². The molecule has 5 rings (SSSR count). The summed E-state index contributed by atoms with van der Waals surface area (Å²) in [5.74, 6) is 0.760. The summed E-state index contributed by atoms with van der Waals surface area (Å²) in [6.45, 7) is 0. The van der Waals surface area contributed by atoms with E-state index in [1.807, 2.05) is 72.8 Å². The van der Waals surface area contributed by atoms with Crippen LogP contribution in [0.1, 0.15) is 5.56 Å². The molecule has 0 saturated heterocycles. The van der Waals surface area contributed by atoms with Gasteiger partial charge in [-0.2, -0.15) is 0 Å². The van der Waals surface area contributed by atoms with Crippen molar-refractivity contribution in [3.8, 4) is 28.3 Å². The Morgan fingerprint density at radius 3 is 2.16 bits per heavy atom. The van der Waals surface area contributed by atoms with E-state index in [1.165, 1.54) is 11.3 Å². The molecule has 0 N–H and O–H groups in total. The number of hydrogen-bond donors (Lipinski definition) is 0. The topological polar surface area (TPSA) is 43.6 Å². The van der Waals surface area contributed by atoms with Crippen LogP contribution in [0, 0.1) is 0 Å². The maximum atomic E-state index is 13.5. The molecule has 2 heterocycles. The van der Waals surface area contributed by atoms with Crippen LogP contribution in [0.5, 0.6) is 5.75 Å². The number of aromatic nitrogens is 2. The van der Waals surface area contributed by atoms with Crippen LogP contribution in [-0.4, -0.2) is 16.5 Å². The molecule has 0 atom stereocenters. The first kappa shape index (κ1) is 20.8. The summed E-state index contributed by atoms with van der Waals surface area (Å²) in [6.07, 6.45) is 1.85. The average molecular weight is 479 g/mol. The third-order valence-electron chi connectivity index (χ3n) is 5.13. The van der Waals surface area contributed by atoms with Gasteiger partial charge in [0.05, 0.1) is 28.1 Å². The Balaban J connectivity index is 1.79. The Morgan fingerprint density at radius 2 is 1.53 bits per heavy atom. The maximum absolute atomic E-state index is 13.5. The minimum Gasteiger partial charge on any atom is -0.497 e. The van der Waals surface area contributed by atoms with Gasteiger partial charge in [0.25, 0.3) is 5.56 Å². The van der Waals surface area contributed by atoms with Crippen molar-refractivity contribution in [2.75, 3.05) is 7.11 Å². The first-order valence-electron chi connectivity index (χ1n) is 9.77. The number of halogens is 2. The lowest BCUT2D eigenvalue weighted by molar-refractivity contribution is 0.415. The predicted octanol–water partition coefficient (Wildman–Crippen LogP) is 5.95. The fourth-order valence-electron chi connectivity index (χ4n) is 3.59. The molecule has 0 fully saturated rings. The van der Waals surface area contributed by atoms with E-state index in [0.717, 1.165) is 22.4 Å². The number of hydrogen-bond acceptors (Lipinski definition) is 4. The van der Waals surface area contributed by atoms with Crippen molar-refractivity contribution in [1.29, 1.82) is 0 Å². The Bertz CT molecular complexity index is 1560. The second kappa shape index (κ2) is 8.43. The van der Waals surface area contributed by atoms with Gasteiger partial charge in [-0.3, -0.25) is 4.79 Å². The minimum atomic E-state index is -0.151. The summed E-state index contributed by atoms with van der Waals surface area (Å²) in [5, 5.41) is 1.10. The third kappa shape index (κ3) is 3.58. The van der Waals surface area contributed by atoms with Gasteiger partial charge in [-0.15, -0.1) is 0 Å². The molecule has 0 unspecified atom stereocenters. The monoisotopic (exact) mass is 478 g/mol. The molecule has 0 aliphatic carbocycles. The van der Waals surface area contributed by atoms with Gasteiger partial charge in [0, 0.05) is 16.1 Å². The summed E-state index contributed by atoms with van der Waals surface area (Å²) in [5.41, 5.74) is 3.49. The highest BCUT2D eigenvalue weighted by Gasteiger charge is 2.22. The van der Waals surface area contributed by atoms with Crippen LogP contribution in [0.25, 0.3) is 33.6 Å². The van der Waals surface area contributed by atoms with E-state index in [0.29, 0.717) is 30.9 Å². The Kier molecular flexibility index (Phi) is 5.47. The van der Waals surface area contributed by atoms with Crippen LogP contribution >= 0.6 is 34.5 Å². The molecular formula is C25H16Cl2N2O2S. The molecule has 0 bridgehead atoms. The van der Waals surface area contributed by atoms with E-state index >= 15 is 0 Å². The van der Waals surface area contributed by atoms with Crippen LogP contribution in [0.2, 0.25) is 10.0 Å². The number of ether oxygens (including phenoxy) is 1. The fraction of sp³-hybridized carbons (Fsp3) is 0.0400. The largest absolute Gasteiger partial charge is 0.497 e. The molecule has 7 heteroatoms. The molecule has 0 saturated carbocycles. The summed E-state index contributed by atoms with van der Waals surface area (Å²) >= 11 is 14.4. The van der Waals surface area contributed by atoms with Gasteiger partial charge >= 0.3 is 0 Å². The molecule has 2 aromatic heterocycles. The lowest BCUT2D eigenvalue weighted by Crippen LogP contribution is -2.23. The Morgan fingerprint density at radius 1 is 0.906 bits per heavy atom. The highest BCUT2D eigenvalue weighted by molar-refractivity contribution is 7.15. The maximum Gasteiger partial charge on any atom is 0.274 e. The first-order chi connectivity index (χ1) is 15.6. The van der Waals surface area contributed by atoms with Crippen molar-refractivity contribution in [3.05, 3.63) is 103 Å². The molecule has 5 aromatic rings. The second-order valence-corrected chi connectivity index (χ2v) is 8.90. The number of thiazole rings is 1. The molecule has 0 aliphatic heterocycles. The van der Waals surface area contributed by atoms with Crippen LogP contribution in [0.15, 0.2) is 77.6 Å². The zero-order valence-corrected chi connectivity index (χ0v) is 19.2. The molecule has 158 valence electrons. The van der Waals surface area contributed by atoms with Gasteiger partial charge in [-0.05, 0) is 35.9 Å². The summed E-state index contributed by atoms with van der Waals surface area (Å²) in [7, 11) is 1.62. The standard InChI is InChI=1S/C25H16Cl2N2O2S/c1-31-16-12-10-15(11-13-16)14-21-24(30)29-23(18-7-3-5-9-20(18)27)22(28-25(29)32-21)17-6-2-4-8-19(17)26/h2-14H,1H3/b21-14-. The van der Waals surface area contributed by atoms with Crippen molar-refractivity contribution >= 4 is 45.6 Å². The van der Waals surface area contributed by atoms with Crippen LogP contribution in [0.4, 0.5) is 0 Å². The minimum absolute atomic E-state index is 0.151. The van der Waals surface area contributed by atoms with E-state index in [-0.39, 0.29) is 5.56 Å². The molecule has 0 amide bonds. The van der Waals surface area contributed by atoms with Gasteiger partial charge in [0.1, 0.15) is 5.75 Å². The molecule has 0 aliphatic rings. The van der Waals surface area contributed by atoms with E-state index in [2.05, 4.69) is 0 Å². The highest BCUT2D eigenvalue weighted by Crippen LogP contribution is 2.38. The SMILES string of the molecule is COc1ccc(/C=c2\sc3nc(-c4ccccc4Cl)c(-c4ccccc4Cl)n3c2=O)cc1. The lowest BCUT2D eigenvalue weighted by Gasteiger charge is -2.07. The lowest BCUT2D eigenvalue weighted by atomic mass is 10.0. The van der Waals surface area contributed by atoms with Gasteiger partial charge in [0.15, 0.2) is 4.96 Å². The summed E-state index contributed by atoms with van der Waals surface area (Å²) in [4.78, 5) is 18.9. The first-order valence-corrected chi connectivity index (χ1v) is 11.3. The van der Waals surface area contributed by atoms with Crippen molar-refractivity contribution < 1.29 is 4.74 Å². The summed E-state index contributed by atoms with van der Waals surface area (Å²) in [6, 6.07) is 22.4. The van der Waals surface area contributed by atoms with Crippen molar-refractivity contribution in [2.45, 2.75) is 0 Å². The van der Waals surface area contributed by atoms with Crippen molar-refractivity contribution in [1.82, 2.24) is 9.38 Å². The molecular weight excluding hydrogens is 463 g/mol. The molecule has 3 aromatic carbocycles. The van der Waals surface area contributed by atoms with Gasteiger partial charge in [-0.1, -0.05) is 83.1 Å². The predicted molar refractivity (Wildman–Crippen MR) is 132 cm³/mol. The smallest absolute Gasteiger partial charge is 0.274 e. The number of fused-ring (bicyclic) bond motifs is 1. The number of rotatable bonds is 4. The number of benzene rings is 3. The van der Waals surface area contributed by atoms with E-state index in [9.17, 15) is 4.79 Å². The fourth-order valence-corrected chi connectivity index (χ4v) is 5.02. The van der Waals surface area contributed by atoms with Gasteiger partial charge in [0.2, 0.25) is 0 Å². The summed E-state index contributed by atoms with van der Waals surface area (Å²) < 4.78 is 7.41. The zero-order chi connectivity index (χ0) is 22.2. The Labute approximate surface area is 198 Å². The second-order valence-electron chi connectivity index (χ2n) is 7.08. The molecule has 0 spiro atoms. The van der Waals surface area contributed by atoms with Crippen molar-refractivity contribution in [3.63, 3.8) is 0 Å². The normalized spacial score (nSPS) is 11.9. The number of methoxy groups -OCH3 is 1. The molecule has 32 heavy (non-hydrogen) atoms. The van der Waals surface area contributed by atoms with Gasteiger partial charge < -0.3 is 4.74 Å².